The van der Waals surface area contributed by atoms with Crippen molar-refractivity contribution < 1.29 is 39.4 Å². The molecule has 2 spiro atoms. The lowest BCUT2D eigenvalue weighted by Gasteiger charge is -2.47. The molecule has 12 heterocycles. The fourth-order valence-electron chi connectivity index (χ4n) is 19.5. The molecule has 119 heavy (non-hydrogen) atoms. The summed E-state index contributed by atoms with van der Waals surface area (Å²) in [5, 5.41) is 40.2. The molecule has 8 aromatic carbocycles. The number of phenolic OH excluding ortho intramolecular Hbond substituents is 4. The normalized spacial score (nSPS) is 20.5. The number of aromatic nitrogens is 12. The zero-order valence-corrected chi connectivity index (χ0v) is 68.7. The highest BCUT2D eigenvalue weighted by atomic mass is 79.9. The number of para-hydroxylation sites is 2. The third-order valence-corrected chi connectivity index (χ3v) is 26.3. The summed E-state index contributed by atoms with van der Waals surface area (Å²) in [5.74, 6) is 2.62. The fourth-order valence-corrected chi connectivity index (χ4v) is 20.3. The fraction of sp³-hybridized carbons (Fsp3) is 0.295. The summed E-state index contributed by atoms with van der Waals surface area (Å²) >= 11 is 13.1. The topological polar surface area (TPSA) is 314 Å². The number of rotatable bonds is 4. The number of allylic oxidation sites excluding steroid dienone is 3. The van der Waals surface area contributed by atoms with Gasteiger partial charge < -0.3 is 39.4 Å². The average Bonchev–Trinajstić information content (AvgIpc) is 1.69. The van der Waals surface area contributed by atoms with Gasteiger partial charge in [-0.25, -0.2) is 94.1 Å². The van der Waals surface area contributed by atoms with Gasteiger partial charge in [0.05, 0.1) is 53.4 Å². The second kappa shape index (κ2) is 28.4. The maximum atomic E-state index is 13.7. The molecular formula is C88H79Br2ClN12O16. The lowest BCUT2D eigenvalue weighted by Crippen LogP contribution is -2.52. The number of aromatic hydroxyl groups is 4. The van der Waals surface area contributed by atoms with E-state index < -0.39 is 63.3 Å². The summed E-state index contributed by atoms with van der Waals surface area (Å²) in [7, 11) is 0. The highest BCUT2D eigenvalue weighted by Gasteiger charge is 2.54. The molecule has 0 bridgehead atoms. The molecule has 28 nitrogen and oxygen atoms in total. The molecule has 0 radical (unpaired) electrons. The van der Waals surface area contributed by atoms with Gasteiger partial charge in [-0.3, -0.25) is 0 Å². The number of hydrogen-bond acceptors (Lipinski definition) is 16. The minimum absolute atomic E-state index is 0.0215. The number of hydrogen-bond donors (Lipinski definition) is 4. The lowest BCUT2D eigenvalue weighted by atomic mass is 9.76. The van der Waals surface area contributed by atoms with Crippen LogP contribution in [0.2, 0.25) is 5.02 Å². The van der Waals surface area contributed by atoms with Crippen LogP contribution in [0.3, 0.4) is 0 Å². The van der Waals surface area contributed by atoms with Gasteiger partial charge in [0.2, 0.25) is 0 Å². The molecule has 0 saturated heterocycles. The quantitative estimate of drug-likeness (QED) is 0.119. The van der Waals surface area contributed by atoms with Gasteiger partial charge in [0.25, 0.3) is 0 Å². The smallest absolute Gasteiger partial charge is 0.352 e. The molecule has 5 atom stereocenters. The average molecular weight is 1760 g/mol. The van der Waals surface area contributed by atoms with Crippen molar-refractivity contribution in [2.45, 2.75) is 158 Å². The van der Waals surface area contributed by atoms with Gasteiger partial charge in [0, 0.05) is 79.1 Å². The Labute approximate surface area is 698 Å². The van der Waals surface area contributed by atoms with Gasteiger partial charge in [-0.2, -0.15) is 0 Å². The van der Waals surface area contributed by atoms with Crippen LogP contribution in [0.15, 0.2) is 258 Å². The maximum Gasteiger partial charge on any atom is 0.352 e. The first-order chi connectivity index (χ1) is 57.1. The van der Waals surface area contributed by atoms with Crippen LogP contribution in [0.5, 0.6) is 46.0 Å². The molecule has 5 unspecified atom stereocenters. The minimum atomic E-state index is -0.689. The second-order valence-corrected chi connectivity index (χ2v) is 34.7. The van der Waals surface area contributed by atoms with Gasteiger partial charge in [-0.05, 0) is 212 Å². The molecule has 10 aliphatic rings. The van der Waals surface area contributed by atoms with E-state index in [1.807, 2.05) is 58.0 Å². The van der Waals surface area contributed by atoms with Crippen LogP contribution in [0.25, 0.3) is 22.7 Å². The van der Waals surface area contributed by atoms with Crippen molar-refractivity contribution in [3.8, 4) is 68.7 Å². The van der Waals surface area contributed by atoms with E-state index in [1.54, 1.807) is 167 Å². The molecule has 12 aromatic rings. The Morgan fingerprint density at radius 2 is 0.739 bits per heavy atom. The first kappa shape index (κ1) is 76.6. The van der Waals surface area contributed by atoms with Crippen molar-refractivity contribution in [2.75, 3.05) is 0 Å². The molecule has 4 N–H and O–H groups in total. The Bertz CT molecular complexity index is 6850. The minimum Gasteiger partial charge on any atom is -0.508 e. The summed E-state index contributed by atoms with van der Waals surface area (Å²) < 4.78 is 43.9. The van der Waals surface area contributed by atoms with E-state index in [-0.39, 0.29) is 70.8 Å². The van der Waals surface area contributed by atoms with Crippen LogP contribution in [0, 0.1) is 5.92 Å². The standard InChI is InChI=1S/C23H20BrN3O4.C23H20ClN3O4.C21H18BrN3O4.C21H21N3O4/c24-14-3-5-15(6-4-14)26-21(29)25-12-9-18-20(27(25)22(26)30)17-8-7-16(28)13-19(17)31-23(18)10-1-2-11-23;24-17-5-1-2-6-18(17)26-21(29)25-12-9-16-20(27(25)22(26)30)15-8-7-14(28)13-19(15)31-23(16)10-3-4-11-23;1-21(2)16-9-10-23-19(27)24(13-5-3-12(22)4-6-13)20(28)25(23)18(16)15-8-7-14(26)11-17(15)29-21;1-21(2)16-10-11-22-19(26)23(13-6-4-3-5-7-13)20(27)24(22)18(16)15-9-8-14(25)12-17(15)28-21/h3-9,13,20,28H,1-2,10-12H2;1-2,5-9,13,20,28H,3-4,10-12H2;3-9,11,18,26H,10H2,1-2H3;3-9,12,16,18,25H,10-11H2,1-2H3. The van der Waals surface area contributed by atoms with Gasteiger partial charge in [0.15, 0.2) is 0 Å². The van der Waals surface area contributed by atoms with E-state index in [4.69, 9.17) is 30.5 Å². The van der Waals surface area contributed by atoms with Crippen LogP contribution in [0.1, 0.15) is 132 Å². The Hall–Kier alpha value is -12.4. The Kier molecular flexibility index (Phi) is 18.3. The lowest BCUT2D eigenvalue weighted by molar-refractivity contribution is -0.0224. The zero-order valence-electron chi connectivity index (χ0n) is 64.7. The van der Waals surface area contributed by atoms with Crippen LogP contribution in [-0.2, 0) is 26.2 Å². The van der Waals surface area contributed by atoms with Crippen LogP contribution in [-0.4, -0.2) is 98.6 Å². The number of halogens is 3. The van der Waals surface area contributed by atoms with Gasteiger partial charge in [0.1, 0.15) is 86.5 Å². The summed E-state index contributed by atoms with van der Waals surface area (Å²) in [6.07, 6.45) is 14.3. The third kappa shape index (κ3) is 12.2. The molecule has 2 fully saturated rings. The van der Waals surface area contributed by atoms with Gasteiger partial charge in [-0.15, -0.1) is 0 Å². The molecule has 31 heteroatoms. The Morgan fingerprint density at radius 1 is 0.378 bits per heavy atom. The number of fused-ring (bicyclic) bond motifs is 22. The first-order valence-electron chi connectivity index (χ1n) is 39.4. The van der Waals surface area contributed by atoms with Gasteiger partial charge >= 0.3 is 45.5 Å². The van der Waals surface area contributed by atoms with E-state index in [0.29, 0.717) is 63.9 Å². The van der Waals surface area contributed by atoms with Crippen molar-refractivity contribution in [3.05, 3.63) is 331 Å². The van der Waals surface area contributed by atoms with Crippen LogP contribution in [0.4, 0.5) is 0 Å². The monoisotopic (exact) mass is 1750 g/mol. The Morgan fingerprint density at radius 3 is 1.19 bits per heavy atom. The predicted octanol–water partition coefficient (Wildman–Crippen LogP) is 12.2. The number of ether oxygens (including phenoxy) is 4. The largest absolute Gasteiger partial charge is 0.508 e. The molecule has 608 valence electrons. The molecule has 2 saturated carbocycles. The summed E-state index contributed by atoms with van der Waals surface area (Å²) in [6, 6.07) is 48.0. The summed E-state index contributed by atoms with van der Waals surface area (Å²) in [5.41, 5.74) is 2.66. The van der Waals surface area contributed by atoms with Crippen LogP contribution < -0.4 is 64.5 Å². The third-order valence-electron chi connectivity index (χ3n) is 24.9. The maximum absolute atomic E-state index is 13.7. The zero-order chi connectivity index (χ0) is 82.8. The molecule has 4 aromatic heterocycles. The van der Waals surface area contributed by atoms with Crippen molar-refractivity contribution in [2.24, 2.45) is 5.92 Å². The van der Waals surface area contributed by atoms with E-state index in [1.165, 1.54) is 41.8 Å². The summed E-state index contributed by atoms with van der Waals surface area (Å²) in [6.45, 7) is 9.17. The Balaban J connectivity index is 0.000000105. The molecule has 8 aliphatic heterocycles. The second-order valence-electron chi connectivity index (χ2n) is 32.4. The highest BCUT2D eigenvalue weighted by molar-refractivity contribution is 9.10. The van der Waals surface area contributed by atoms with E-state index >= 15 is 0 Å². The van der Waals surface area contributed by atoms with Crippen molar-refractivity contribution in [1.82, 2.24) is 55.7 Å². The van der Waals surface area contributed by atoms with Crippen LogP contribution >= 0.6 is 43.5 Å². The van der Waals surface area contributed by atoms with E-state index in [2.05, 4.69) is 37.9 Å². The van der Waals surface area contributed by atoms with E-state index in [0.717, 1.165) is 110 Å². The molecule has 0 amide bonds. The summed E-state index contributed by atoms with van der Waals surface area (Å²) in [4.78, 5) is 107. The van der Waals surface area contributed by atoms with Crippen molar-refractivity contribution in [3.63, 3.8) is 0 Å². The van der Waals surface area contributed by atoms with Crippen molar-refractivity contribution >= 4 is 43.5 Å². The number of benzene rings is 8. The highest BCUT2D eigenvalue weighted by Crippen LogP contribution is 2.56. The molecular weight excluding hydrogens is 1680 g/mol. The SMILES string of the molecule is CC1(C)Oc2cc(O)ccc2C2C1=CCn1c(=O)n(-c3ccc(Br)cc3)c(=O)n12.CC1(C)Oc2cc(O)ccc2C2C1CCn1c(=O)n(-c3ccccc3)c(=O)n12.O=c1n(-c2ccc(Br)cc2)c(=O)n2n1CC=C1C2c2ccc(O)cc2OC12CCCC2.O=c1n(-c2ccccc2Cl)c(=O)n2n1CC=C1C2c2ccc(O)cc2OC12CCCC2. The molecule has 22 rings (SSSR count). The van der Waals surface area contributed by atoms with Gasteiger partial charge in [-0.1, -0.05) is 92.0 Å². The number of phenols is 4. The molecule has 2 aliphatic carbocycles. The van der Waals surface area contributed by atoms with E-state index in [9.17, 15) is 58.8 Å². The first-order valence-corrected chi connectivity index (χ1v) is 41.4. The van der Waals surface area contributed by atoms with Crippen molar-refractivity contribution in [1.29, 1.82) is 0 Å². The number of nitrogens with zero attached hydrogens (tertiary/aromatic N) is 12. The predicted molar refractivity (Wildman–Crippen MR) is 448 cm³/mol.